The van der Waals surface area contributed by atoms with Gasteiger partial charge in [-0.15, -0.1) is 0 Å². The van der Waals surface area contributed by atoms with Gasteiger partial charge in [0.2, 0.25) is 0 Å². The lowest BCUT2D eigenvalue weighted by Gasteiger charge is -2.35. The van der Waals surface area contributed by atoms with Crippen LogP contribution in [0.5, 0.6) is 11.5 Å². The van der Waals surface area contributed by atoms with Crippen molar-refractivity contribution in [1.29, 1.82) is 0 Å². The van der Waals surface area contributed by atoms with E-state index in [-0.39, 0.29) is 11.1 Å². The molecule has 5 rings (SSSR count). The largest absolute Gasteiger partial charge is 0.534 e. The van der Waals surface area contributed by atoms with E-state index >= 15 is 0 Å². The Morgan fingerprint density at radius 2 is 0.756 bits per heavy atom. The average Bonchev–Trinajstić information content (AvgIpc) is 3.19. The van der Waals surface area contributed by atoms with Crippen LogP contribution in [-0.2, 0) is 25.7 Å². The number of hydrogen-bond acceptors (Lipinski definition) is 6. The third-order valence-corrected chi connectivity index (χ3v) is 8.43. The molecule has 0 unspecified atom stereocenters. The van der Waals surface area contributed by atoms with Gasteiger partial charge in [0.1, 0.15) is 11.5 Å². The molecule has 0 N–H and O–H groups in total. The molecule has 0 radical (unpaired) electrons. The minimum atomic E-state index is -6.20. The number of fused-ring (bicyclic) bond motifs is 3. The lowest BCUT2D eigenvalue weighted by Crippen LogP contribution is -2.34. The first-order chi connectivity index (χ1) is 19.1. The molecule has 0 saturated heterocycles. The van der Waals surface area contributed by atoms with E-state index in [1.54, 1.807) is 48.5 Å². The Bertz CT molecular complexity index is 1730. The molecule has 0 bridgehead atoms. The normalized spacial score (nSPS) is 14.7. The highest BCUT2D eigenvalue weighted by Gasteiger charge is 2.54. The quantitative estimate of drug-likeness (QED) is 0.123. The predicted molar refractivity (Wildman–Crippen MR) is 135 cm³/mol. The van der Waals surface area contributed by atoms with Gasteiger partial charge in [0.25, 0.3) is 0 Å². The van der Waals surface area contributed by atoms with E-state index in [9.17, 15) is 43.2 Å². The van der Waals surface area contributed by atoms with Crippen LogP contribution in [0.1, 0.15) is 22.3 Å². The Morgan fingerprint density at radius 1 is 0.463 bits per heavy atom. The maximum Gasteiger partial charge on any atom is 0.534 e. The van der Waals surface area contributed by atoms with Crippen molar-refractivity contribution in [1.82, 2.24) is 0 Å². The highest BCUT2D eigenvalue weighted by Crippen LogP contribution is 2.59. The second kappa shape index (κ2) is 9.52. The zero-order valence-electron chi connectivity index (χ0n) is 20.3. The van der Waals surface area contributed by atoms with E-state index in [1.807, 2.05) is 0 Å². The summed E-state index contributed by atoms with van der Waals surface area (Å²) in [6.07, 6.45) is 0. The molecule has 0 spiro atoms. The van der Waals surface area contributed by atoms with E-state index in [4.69, 9.17) is 0 Å². The molecule has 6 nitrogen and oxygen atoms in total. The molecule has 1 aliphatic rings. The fourth-order valence-electron chi connectivity index (χ4n) is 4.99. The van der Waals surface area contributed by atoms with Gasteiger partial charge in [0.15, 0.2) is 0 Å². The van der Waals surface area contributed by atoms with E-state index in [1.165, 1.54) is 36.4 Å². The van der Waals surface area contributed by atoms with Crippen molar-refractivity contribution >= 4 is 20.2 Å². The van der Waals surface area contributed by atoms with Gasteiger partial charge in [-0.2, -0.15) is 43.2 Å². The number of para-hydroxylation sites is 2. The van der Waals surface area contributed by atoms with Crippen LogP contribution in [0.2, 0.25) is 0 Å². The molecule has 4 aromatic carbocycles. The summed E-state index contributed by atoms with van der Waals surface area (Å²) in [6, 6.07) is 22.4. The summed E-state index contributed by atoms with van der Waals surface area (Å²) in [4.78, 5) is 0. The Labute approximate surface area is 230 Å². The van der Waals surface area contributed by atoms with Crippen molar-refractivity contribution in [2.75, 3.05) is 0 Å². The lowest BCUT2D eigenvalue weighted by molar-refractivity contribution is -0.0504. The lowest BCUT2D eigenvalue weighted by atomic mass is 9.67. The first-order valence-corrected chi connectivity index (χ1v) is 14.3. The fraction of sp³-hybridized carbons (Fsp3) is 0.111. The molecule has 214 valence electrons. The number of rotatable bonds is 6. The van der Waals surface area contributed by atoms with Crippen molar-refractivity contribution in [3.8, 4) is 22.6 Å². The van der Waals surface area contributed by atoms with Crippen molar-refractivity contribution in [2.24, 2.45) is 0 Å². The molecular formula is C27H16F6O6S2. The third kappa shape index (κ3) is 4.50. The Hall–Kier alpha value is -4.04. The van der Waals surface area contributed by atoms with Crippen LogP contribution < -0.4 is 8.37 Å². The van der Waals surface area contributed by atoms with E-state index < -0.39 is 48.2 Å². The monoisotopic (exact) mass is 614 g/mol. The fourth-order valence-corrected chi connectivity index (χ4v) is 5.94. The van der Waals surface area contributed by atoms with Crippen molar-refractivity contribution in [2.45, 2.75) is 16.4 Å². The first-order valence-electron chi connectivity index (χ1n) is 11.5. The first kappa shape index (κ1) is 28.5. The molecule has 0 amide bonds. The van der Waals surface area contributed by atoms with Gasteiger partial charge < -0.3 is 8.37 Å². The van der Waals surface area contributed by atoms with E-state index in [0.717, 1.165) is 12.1 Å². The number of alkyl halides is 6. The maximum absolute atomic E-state index is 13.4. The zero-order chi connectivity index (χ0) is 29.8. The second-order valence-corrected chi connectivity index (χ2v) is 11.9. The highest BCUT2D eigenvalue weighted by atomic mass is 32.2. The average molecular weight is 615 g/mol. The summed E-state index contributed by atoms with van der Waals surface area (Å²) in [5, 5.41) is 0. The second-order valence-electron chi connectivity index (χ2n) is 8.80. The van der Waals surface area contributed by atoms with E-state index in [0.29, 0.717) is 22.3 Å². The van der Waals surface area contributed by atoms with Crippen LogP contribution >= 0.6 is 0 Å². The molecule has 0 atom stereocenters. The number of hydrogen-bond donors (Lipinski definition) is 0. The minimum Gasteiger partial charge on any atom is -0.376 e. The standard InChI is InChI=1S/C27H16F6O6S2/c28-26(29,30)40(34,35)38-23-15-7-5-13-21(23)25(19-11-3-1-9-17(19)18-10-2-4-12-20(18)25)22-14-6-8-16-24(22)39-41(36,37)27(31,32)33/h1-16H. The van der Waals surface area contributed by atoms with Crippen molar-refractivity contribution < 1.29 is 51.5 Å². The van der Waals surface area contributed by atoms with Gasteiger partial charge >= 0.3 is 31.3 Å². The van der Waals surface area contributed by atoms with E-state index in [2.05, 4.69) is 8.37 Å². The highest BCUT2D eigenvalue weighted by molar-refractivity contribution is 7.88. The molecule has 0 aliphatic heterocycles. The van der Waals surface area contributed by atoms with Crippen molar-refractivity contribution in [3.63, 3.8) is 0 Å². The Kier molecular flexibility index (Phi) is 6.61. The molecule has 0 saturated carbocycles. The van der Waals surface area contributed by atoms with Gasteiger partial charge in [-0.3, -0.25) is 0 Å². The zero-order valence-corrected chi connectivity index (χ0v) is 21.9. The predicted octanol–water partition coefficient (Wildman–Crippen LogP) is 6.51. The maximum atomic E-state index is 13.4. The minimum absolute atomic E-state index is 0.231. The van der Waals surface area contributed by atoms with Crippen molar-refractivity contribution in [3.05, 3.63) is 119 Å². The van der Waals surface area contributed by atoms with Gasteiger partial charge in [-0.25, -0.2) is 0 Å². The topological polar surface area (TPSA) is 86.7 Å². The number of benzene rings is 4. The molecule has 4 aromatic rings. The molecule has 14 heteroatoms. The SMILES string of the molecule is O=S(=O)(Oc1ccccc1C1(c2ccccc2OS(=O)(=O)C(F)(F)F)c2ccccc2-c2ccccc21)C(F)(F)F. The van der Waals surface area contributed by atoms with Gasteiger partial charge in [-0.1, -0.05) is 84.9 Å². The van der Waals surface area contributed by atoms with Crippen LogP contribution in [0.3, 0.4) is 0 Å². The van der Waals surface area contributed by atoms with Gasteiger partial charge in [-0.05, 0) is 34.4 Å². The summed E-state index contributed by atoms with van der Waals surface area (Å²) in [5.41, 5.74) is -12.4. The summed E-state index contributed by atoms with van der Waals surface area (Å²) in [7, 11) is -12.4. The van der Waals surface area contributed by atoms with Crippen LogP contribution in [0.4, 0.5) is 26.3 Å². The van der Waals surface area contributed by atoms with Crippen LogP contribution in [0.15, 0.2) is 97.1 Å². The van der Waals surface area contributed by atoms with Gasteiger partial charge in [0, 0.05) is 11.1 Å². The molecular weight excluding hydrogens is 598 g/mol. The summed E-state index contributed by atoms with van der Waals surface area (Å²) < 4.78 is 138. The van der Waals surface area contributed by atoms with Gasteiger partial charge in [0.05, 0.1) is 5.41 Å². The molecule has 1 aliphatic carbocycles. The number of halogens is 6. The Morgan fingerprint density at radius 3 is 1.10 bits per heavy atom. The third-order valence-electron chi connectivity index (χ3n) is 6.50. The van der Waals surface area contributed by atoms with Crippen LogP contribution in [0, 0.1) is 0 Å². The summed E-state index contributed by atoms with van der Waals surface area (Å²) >= 11 is 0. The smallest absolute Gasteiger partial charge is 0.376 e. The Balaban J connectivity index is 1.92. The molecule has 0 fully saturated rings. The van der Waals surface area contributed by atoms with Crippen LogP contribution in [-0.4, -0.2) is 27.9 Å². The molecule has 41 heavy (non-hydrogen) atoms. The molecule has 0 heterocycles. The summed E-state index contributed by atoms with van der Waals surface area (Å²) in [6.45, 7) is 0. The summed E-state index contributed by atoms with van der Waals surface area (Å²) in [5.74, 6) is -1.57. The molecule has 0 aromatic heterocycles. The van der Waals surface area contributed by atoms with Crippen LogP contribution in [0.25, 0.3) is 11.1 Å².